The number of rotatable bonds is 4. The van der Waals surface area contributed by atoms with E-state index in [0.29, 0.717) is 38.1 Å². The largest absolute Gasteiger partial charge is 0.416 e. The van der Waals surface area contributed by atoms with E-state index in [1.807, 2.05) is 0 Å². The van der Waals surface area contributed by atoms with Gasteiger partial charge in [0.15, 0.2) is 0 Å². The molecule has 0 saturated carbocycles. The number of carbonyl (C=O) groups excluding carboxylic acids is 2. The van der Waals surface area contributed by atoms with E-state index >= 15 is 0 Å². The topological polar surface area (TPSA) is 75.4 Å². The first kappa shape index (κ1) is 22.2. The molecular weight excluding hydrogens is 378 g/mol. The number of likely N-dealkylation sites (tertiary alicyclic amines) is 1. The number of nitrogens with one attached hydrogen (secondary N) is 1. The molecule has 1 aromatic rings. The fourth-order valence-electron chi connectivity index (χ4n) is 2.77. The lowest BCUT2D eigenvalue weighted by molar-refractivity contribution is -0.137. The number of nitrogens with zero attached hydrogens (tertiary/aromatic N) is 1. The van der Waals surface area contributed by atoms with E-state index in [0.717, 1.165) is 6.07 Å². The summed E-state index contributed by atoms with van der Waals surface area (Å²) < 4.78 is 51.8. The zero-order valence-electron chi connectivity index (χ0n) is 13.8. The van der Waals surface area contributed by atoms with Gasteiger partial charge in [0.1, 0.15) is 5.82 Å². The summed E-state index contributed by atoms with van der Waals surface area (Å²) in [6.07, 6.45) is -3.64. The van der Waals surface area contributed by atoms with E-state index in [9.17, 15) is 27.2 Å². The van der Waals surface area contributed by atoms with Crippen LogP contribution in [0.15, 0.2) is 18.2 Å². The van der Waals surface area contributed by atoms with Crippen LogP contribution in [0.2, 0.25) is 0 Å². The van der Waals surface area contributed by atoms with Crippen molar-refractivity contribution in [3.05, 3.63) is 35.1 Å². The molecule has 1 atom stereocenters. The first-order chi connectivity index (χ1) is 11.7. The number of halogens is 5. The van der Waals surface area contributed by atoms with Crippen molar-refractivity contribution in [2.45, 2.75) is 19.0 Å². The standard InChI is InChI=1S/C16H19F4N3O2.ClH/c17-13-7-11(6-12(8-13)16(18,19)20)15(25)23-5-1-2-10(9-23)14(24)22-4-3-21;/h6-8,10H,1-5,9,21H2,(H,22,24);1H. The van der Waals surface area contributed by atoms with E-state index in [4.69, 9.17) is 5.73 Å². The highest BCUT2D eigenvalue weighted by Gasteiger charge is 2.33. The van der Waals surface area contributed by atoms with Crippen LogP contribution in [0.5, 0.6) is 0 Å². The minimum Gasteiger partial charge on any atom is -0.355 e. The van der Waals surface area contributed by atoms with Gasteiger partial charge in [-0.05, 0) is 31.0 Å². The molecule has 0 spiro atoms. The molecule has 146 valence electrons. The van der Waals surface area contributed by atoms with Crippen LogP contribution in [-0.2, 0) is 11.0 Å². The monoisotopic (exact) mass is 397 g/mol. The van der Waals surface area contributed by atoms with E-state index in [1.165, 1.54) is 4.90 Å². The molecule has 2 rings (SSSR count). The number of benzene rings is 1. The van der Waals surface area contributed by atoms with Gasteiger partial charge < -0.3 is 16.0 Å². The Hall–Kier alpha value is -1.87. The third-order valence-corrected chi connectivity index (χ3v) is 4.00. The summed E-state index contributed by atoms with van der Waals surface area (Å²) in [4.78, 5) is 25.7. The number of piperidine rings is 1. The summed E-state index contributed by atoms with van der Waals surface area (Å²) in [5.41, 5.74) is 3.72. The van der Waals surface area contributed by atoms with Crippen molar-refractivity contribution in [1.29, 1.82) is 0 Å². The first-order valence-electron chi connectivity index (χ1n) is 7.87. The van der Waals surface area contributed by atoms with Crippen LogP contribution in [-0.4, -0.2) is 42.9 Å². The fraction of sp³-hybridized carbons (Fsp3) is 0.500. The summed E-state index contributed by atoms with van der Waals surface area (Å²) in [5, 5.41) is 2.63. The molecule has 5 nitrogen and oxygen atoms in total. The van der Waals surface area contributed by atoms with Crippen molar-refractivity contribution in [1.82, 2.24) is 10.2 Å². The summed E-state index contributed by atoms with van der Waals surface area (Å²) in [5.74, 6) is -2.56. The molecule has 1 heterocycles. The van der Waals surface area contributed by atoms with Crippen molar-refractivity contribution in [3.8, 4) is 0 Å². The Morgan fingerprint density at radius 2 is 1.96 bits per heavy atom. The number of hydrogen-bond donors (Lipinski definition) is 2. The van der Waals surface area contributed by atoms with Gasteiger partial charge in [0, 0.05) is 31.7 Å². The molecule has 1 fully saturated rings. The third kappa shape index (κ3) is 5.57. The highest BCUT2D eigenvalue weighted by atomic mass is 35.5. The number of amides is 2. The Morgan fingerprint density at radius 3 is 2.58 bits per heavy atom. The maximum absolute atomic E-state index is 13.5. The minimum atomic E-state index is -4.75. The Morgan fingerprint density at radius 1 is 1.27 bits per heavy atom. The van der Waals surface area contributed by atoms with Gasteiger partial charge in [-0.25, -0.2) is 4.39 Å². The van der Waals surface area contributed by atoms with Crippen molar-refractivity contribution < 1.29 is 27.2 Å². The number of alkyl halides is 3. The van der Waals surface area contributed by atoms with Crippen molar-refractivity contribution in [3.63, 3.8) is 0 Å². The molecule has 1 unspecified atom stereocenters. The van der Waals surface area contributed by atoms with Crippen LogP contribution in [0.25, 0.3) is 0 Å². The smallest absolute Gasteiger partial charge is 0.355 e. The van der Waals surface area contributed by atoms with Gasteiger partial charge >= 0.3 is 6.18 Å². The molecule has 1 aromatic carbocycles. The summed E-state index contributed by atoms with van der Waals surface area (Å²) in [6.45, 7) is 0.969. The van der Waals surface area contributed by atoms with Crippen molar-refractivity contribution in [2.24, 2.45) is 11.7 Å². The lowest BCUT2D eigenvalue weighted by Crippen LogP contribution is -2.46. The predicted octanol–water partition coefficient (Wildman–Crippen LogP) is 2.19. The predicted molar refractivity (Wildman–Crippen MR) is 89.3 cm³/mol. The molecule has 1 aliphatic rings. The average Bonchev–Trinajstić information content (AvgIpc) is 2.57. The summed E-state index contributed by atoms with van der Waals surface area (Å²) >= 11 is 0. The SMILES string of the molecule is Cl.NCCNC(=O)C1CCCN(C(=O)c2cc(F)cc(C(F)(F)F)c2)C1. The molecule has 0 aliphatic carbocycles. The van der Waals surface area contributed by atoms with Crippen LogP contribution in [0, 0.1) is 11.7 Å². The quantitative estimate of drug-likeness (QED) is 0.765. The molecule has 0 radical (unpaired) electrons. The van der Waals surface area contributed by atoms with E-state index in [-0.39, 0.29) is 37.0 Å². The highest BCUT2D eigenvalue weighted by molar-refractivity contribution is 5.95. The first-order valence-corrected chi connectivity index (χ1v) is 7.87. The Bertz CT molecular complexity index is 655. The van der Waals surface area contributed by atoms with Gasteiger partial charge in [-0.2, -0.15) is 13.2 Å². The van der Waals surface area contributed by atoms with E-state index in [1.54, 1.807) is 0 Å². The molecule has 26 heavy (non-hydrogen) atoms. The van der Waals surface area contributed by atoms with E-state index < -0.39 is 29.4 Å². The van der Waals surface area contributed by atoms with Crippen LogP contribution in [0.1, 0.15) is 28.8 Å². The molecule has 1 aliphatic heterocycles. The summed E-state index contributed by atoms with van der Waals surface area (Å²) in [7, 11) is 0. The van der Waals surface area contributed by atoms with Gasteiger partial charge in [0.05, 0.1) is 11.5 Å². The molecule has 0 aromatic heterocycles. The van der Waals surface area contributed by atoms with Gasteiger partial charge in [-0.1, -0.05) is 0 Å². The van der Waals surface area contributed by atoms with Crippen molar-refractivity contribution >= 4 is 24.2 Å². The lowest BCUT2D eigenvalue weighted by atomic mass is 9.96. The van der Waals surface area contributed by atoms with Gasteiger partial charge in [-0.15, -0.1) is 12.4 Å². The van der Waals surface area contributed by atoms with Gasteiger partial charge in [0.25, 0.3) is 5.91 Å². The number of carbonyl (C=O) groups is 2. The molecule has 1 saturated heterocycles. The Labute approximate surface area is 154 Å². The Balaban J connectivity index is 0.00000338. The molecule has 3 N–H and O–H groups in total. The van der Waals surface area contributed by atoms with E-state index in [2.05, 4.69) is 5.32 Å². The lowest BCUT2D eigenvalue weighted by Gasteiger charge is -2.32. The zero-order chi connectivity index (χ0) is 18.6. The minimum absolute atomic E-state index is 0. The maximum atomic E-state index is 13.5. The second kappa shape index (κ2) is 9.18. The van der Waals surface area contributed by atoms with Crippen LogP contribution >= 0.6 is 12.4 Å². The van der Waals surface area contributed by atoms with Gasteiger partial charge in [-0.3, -0.25) is 9.59 Å². The zero-order valence-corrected chi connectivity index (χ0v) is 14.6. The number of nitrogens with two attached hydrogens (primary N) is 1. The van der Waals surface area contributed by atoms with Crippen molar-refractivity contribution in [2.75, 3.05) is 26.2 Å². The van der Waals surface area contributed by atoms with Gasteiger partial charge in [0.2, 0.25) is 5.91 Å². The van der Waals surface area contributed by atoms with Crippen LogP contribution < -0.4 is 11.1 Å². The van der Waals surface area contributed by atoms with Crippen LogP contribution in [0.4, 0.5) is 17.6 Å². The average molecular weight is 398 g/mol. The molecule has 2 amide bonds. The second-order valence-corrected chi connectivity index (χ2v) is 5.90. The summed E-state index contributed by atoms with van der Waals surface area (Å²) in [6, 6.07) is 1.75. The second-order valence-electron chi connectivity index (χ2n) is 5.90. The maximum Gasteiger partial charge on any atom is 0.416 e. The molecule has 10 heteroatoms. The highest BCUT2D eigenvalue weighted by Crippen LogP contribution is 2.31. The number of hydrogen-bond acceptors (Lipinski definition) is 3. The normalized spacial score (nSPS) is 17.4. The molecular formula is C16H20ClF4N3O2. The Kier molecular flexibility index (Phi) is 7.83. The molecule has 0 bridgehead atoms. The third-order valence-electron chi connectivity index (χ3n) is 4.00. The van der Waals surface area contributed by atoms with Crippen LogP contribution in [0.3, 0.4) is 0 Å². The fourth-order valence-corrected chi connectivity index (χ4v) is 2.77.